The lowest BCUT2D eigenvalue weighted by Gasteiger charge is -2.03. The Balaban J connectivity index is 2.19. The minimum Gasteiger partial charge on any atom is -0.339 e. The van der Waals surface area contributed by atoms with E-state index in [0.717, 1.165) is 16.8 Å². The zero-order chi connectivity index (χ0) is 12.0. The lowest BCUT2D eigenvalue weighted by molar-refractivity contribution is 1.28. The van der Waals surface area contributed by atoms with Crippen LogP contribution in [-0.4, -0.2) is 16.8 Å². The van der Waals surface area contributed by atoms with Crippen LogP contribution in [0.5, 0.6) is 0 Å². The molecule has 2 aliphatic rings. The molecule has 2 aliphatic heterocycles. The molecule has 1 saturated heterocycles. The summed E-state index contributed by atoms with van der Waals surface area (Å²) in [6.45, 7) is 0. The molecule has 1 aromatic carbocycles. The fraction of sp³-hybridized carbons (Fsp3) is 0. The number of hydrogen-bond acceptors (Lipinski definition) is 4. The van der Waals surface area contributed by atoms with Crippen LogP contribution in [-0.2, 0) is 0 Å². The highest BCUT2D eigenvalue weighted by Gasteiger charge is 2.29. The molecular weight excluding hydrogens is 234 g/mol. The predicted molar refractivity (Wildman–Crippen MR) is 69.5 cm³/mol. The van der Waals surface area contributed by atoms with Crippen molar-refractivity contribution in [2.75, 3.05) is 0 Å². The zero-order valence-electron chi connectivity index (χ0n) is 8.72. The molecule has 0 radical (unpaired) electrons. The first kappa shape index (κ1) is 10.1. The minimum atomic E-state index is 0.215. The molecule has 1 fully saturated rings. The van der Waals surface area contributed by atoms with Crippen molar-refractivity contribution in [3.05, 3.63) is 40.3 Å². The molecule has 0 amide bonds. The Bertz CT molecular complexity index is 602. The summed E-state index contributed by atoms with van der Waals surface area (Å²) in [7, 11) is 0. The summed E-state index contributed by atoms with van der Waals surface area (Å²) in [6, 6.07) is 7.58. The van der Waals surface area contributed by atoms with Gasteiger partial charge >= 0.3 is 0 Å². The van der Waals surface area contributed by atoms with Gasteiger partial charge in [0.1, 0.15) is 11.7 Å². The van der Waals surface area contributed by atoms with Crippen LogP contribution in [0.1, 0.15) is 11.1 Å². The summed E-state index contributed by atoms with van der Waals surface area (Å²) < 4.78 is 0. The number of fused-ring (bicyclic) bond motifs is 1. The van der Waals surface area contributed by atoms with Crippen molar-refractivity contribution in [3.63, 3.8) is 0 Å². The van der Waals surface area contributed by atoms with Crippen molar-refractivity contribution >= 4 is 34.3 Å². The molecule has 1 aromatic rings. The average Bonchev–Trinajstić information content (AvgIpc) is 2.80. The highest BCUT2D eigenvalue weighted by molar-refractivity contribution is 8.18. The lowest BCUT2D eigenvalue weighted by atomic mass is 10.1. The van der Waals surface area contributed by atoms with E-state index in [0.29, 0.717) is 10.7 Å². The fourth-order valence-electron chi connectivity index (χ4n) is 1.88. The van der Waals surface area contributed by atoms with Gasteiger partial charge in [-0.3, -0.25) is 16.2 Å². The number of amidine groups is 3. The average molecular weight is 243 g/mol. The Morgan fingerprint density at radius 3 is 2.24 bits per heavy atom. The van der Waals surface area contributed by atoms with Crippen molar-refractivity contribution in [1.82, 2.24) is 10.6 Å². The van der Waals surface area contributed by atoms with E-state index in [-0.39, 0.29) is 11.0 Å². The summed E-state index contributed by atoms with van der Waals surface area (Å²) >= 11 is 1.20. The van der Waals surface area contributed by atoms with Crippen LogP contribution in [0.3, 0.4) is 0 Å². The van der Waals surface area contributed by atoms with Gasteiger partial charge in [0.05, 0.1) is 10.6 Å². The van der Waals surface area contributed by atoms with Crippen LogP contribution in [0.15, 0.2) is 29.2 Å². The topological polar surface area (TPSA) is 95.6 Å². The molecule has 3 rings (SSSR count). The Hall–Kier alpha value is -2.08. The Morgan fingerprint density at radius 1 is 0.882 bits per heavy atom. The van der Waals surface area contributed by atoms with E-state index >= 15 is 0 Å². The second-order valence-corrected chi connectivity index (χ2v) is 4.70. The summed E-state index contributed by atoms with van der Waals surface area (Å²) in [5, 5.41) is 29.0. The first-order chi connectivity index (χ1) is 8.16. The second kappa shape index (κ2) is 3.46. The molecule has 2 heterocycles. The maximum atomic E-state index is 7.84. The van der Waals surface area contributed by atoms with Gasteiger partial charge in [-0.2, -0.15) is 0 Å². The SMILES string of the molecule is N=C1NC(=N)C(=C2NC(=N)c3ccccc32)S1. The maximum Gasteiger partial charge on any atom is 0.164 e. The maximum absolute atomic E-state index is 7.84. The van der Waals surface area contributed by atoms with Gasteiger partial charge in [0.15, 0.2) is 5.17 Å². The number of benzene rings is 1. The van der Waals surface area contributed by atoms with Crippen LogP contribution < -0.4 is 10.6 Å². The lowest BCUT2D eigenvalue weighted by Crippen LogP contribution is -2.20. The number of nitrogens with one attached hydrogen (secondary N) is 5. The van der Waals surface area contributed by atoms with Crippen molar-refractivity contribution in [2.24, 2.45) is 0 Å². The normalized spacial score (nSPS) is 22.5. The quantitative estimate of drug-likeness (QED) is 0.478. The molecule has 0 unspecified atom stereocenters. The first-order valence-electron chi connectivity index (χ1n) is 4.99. The molecule has 0 aliphatic carbocycles. The molecule has 5 nitrogen and oxygen atoms in total. The second-order valence-electron chi connectivity index (χ2n) is 3.68. The van der Waals surface area contributed by atoms with E-state index in [1.54, 1.807) is 0 Å². The van der Waals surface area contributed by atoms with E-state index in [2.05, 4.69) is 10.6 Å². The molecule has 0 spiro atoms. The standard InChI is InChI=1S/C11H9N5S/c12-9-6-4-2-1-3-5(6)7(15-9)8-10(13)16-11(14)17-8/h1-4H,(H2,12,15)(H3,13,14,16). The summed E-state index contributed by atoms with van der Waals surface area (Å²) in [5.41, 5.74) is 2.50. The first-order valence-corrected chi connectivity index (χ1v) is 5.80. The molecule has 0 aromatic heterocycles. The molecule has 0 saturated carbocycles. The molecule has 17 heavy (non-hydrogen) atoms. The predicted octanol–water partition coefficient (Wildman–Crippen LogP) is 1.53. The van der Waals surface area contributed by atoms with Crippen LogP contribution in [0, 0.1) is 16.2 Å². The Morgan fingerprint density at radius 2 is 1.59 bits per heavy atom. The number of thioether (sulfide) groups is 1. The molecule has 0 atom stereocenters. The molecule has 0 bridgehead atoms. The van der Waals surface area contributed by atoms with Crippen LogP contribution in [0.2, 0.25) is 0 Å². The van der Waals surface area contributed by atoms with Crippen molar-refractivity contribution in [2.45, 2.75) is 0 Å². The Labute approximate surface area is 102 Å². The fourth-order valence-corrected chi connectivity index (χ4v) is 2.66. The van der Waals surface area contributed by atoms with Gasteiger partial charge in [-0.05, 0) is 11.8 Å². The van der Waals surface area contributed by atoms with E-state index in [9.17, 15) is 0 Å². The third-order valence-corrected chi connectivity index (χ3v) is 3.53. The van der Waals surface area contributed by atoms with Crippen molar-refractivity contribution in [1.29, 1.82) is 16.2 Å². The summed E-state index contributed by atoms with van der Waals surface area (Å²) in [5.74, 6) is 0.557. The Kier molecular flexibility index (Phi) is 2.05. The molecule has 84 valence electrons. The van der Waals surface area contributed by atoms with E-state index in [4.69, 9.17) is 16.2 Å². The number of rotatable bonds is 0. The van der Waals surface area contributed by atoms with Gasteiger partial charge in [0.2, 0.25) is 0 Å². The summed E-state index contributed by atoms with van der Waals surface area (Å²) in [4.78, 5) is 0.671. The van der Waals surface area contributed by atoms with Gasteiger partial charge in [-0.25, -0.2) is 0 Å². The molecular formula is C11H9N5S. The van der Waals surface area contributed by atoms with Crippen molar-refractivity contribution in [3.8, 4) is 0 Å². The van der Waals surface area contributed by atoms with E-state index in [1.165, 1.54) is 11.8 Å². The third-order valence-electron chi connectivity index (χ3n) is 2.61. The van der Waals surface area contributed by atoms with Crippen molar-refractivity contribution < 1.29 is 0 Å². The minimum absolute atomic E-state index is 0.215. The van der Waals surface area contributed by atoms with Gasteiger partial charge in [-0.1, -0.05) is 24.3 Å². The van der Waals surface area contributed by atoms with Crippen LogP contribution in [0.4, 0.5) is 0 Å². The smallest absolute Gasteiger partial charge is 0.164 e. The zero-order valence-corrected chi connectivity index (χ0v) is 9.53. The van der Waals surface area contributed by atoms with Crippen LogP contribution in [0.25, 0.3) is 5.70 Å². The van der Waals surface area contributed by atoms with E-state index in [1.807, 2.05) is 24.3 Å². The van der Waals surface area contributed by atoms with E-state index < -0.39 is 0 Å². The number of hydrogen-bond donors (Lipinski definition) is 5. The van der Waals surface area contributed by atoms with Gasteiger partial charge < -0.3 is 10.6 Å². The van der Waals surface area contributed by atoms with Crippen LogP contribution >= 0.6 is 11.8 Å². The van der Waals surface area contributed by atoms with Gasteiger partial charge in [-0.15, -0.1) is 0 Å². The largest absolute Gasteiger partial charge is 0.339 e. The monoisotopic (exact) mass is 243 g/mol. The third kappa shape index (κ3) is 1.45. The molecule has 5 N–H and O–H groups in total. The summed E-state index contributed by atoms with van der Waals surface area (Å²) in [6.07, 6.45) is 0. The van der Waals surface area contributed by atoms with Gasteiger partial charge in [0.25, 0.3) is 0 Å². The highest BCUT2D eigenvalue weighted by Crippen LogP contribution is 2.34. The molecule has 6 heteroatoms. The van der Waals surface area contributed by atoms with Gasteiger partial charge in [0, 0.05) is 11.1 Å². The highest BCUT2D eigenvalue weighted by atomic mass is 32.2.